The third-order valence-corrected chi connectivity index (χ3v) is 1.98. The van der Waals surface area contributed by atoms with Crippen molar-refractivity contribution in [2.45, 2.75) is 12.8 Å². The molecular weight excluding hydrogens is 172 g/mol. The number of hydrogen-bond donors (Lipinski definition) is 1. The van der Waals surface area contributed by atoms with Gasteiger partial charge in [0.1, 0.15) is 11.9 Å². The van der Waals surface area contributed by atoms with E-state index in [-0.39, 0.29) is 11.6 Å². The molecule has 0 aliphatic carbocycles. The van der Waals surface area contributed by atoms with E-state index in [1.807, 2.05) is 6.92 Å². The van der Waals surface area contributed by atoms with Gasteiger partial charge in [-0.1, -0.05) is 6.92 Å². The van der Waals surface area contributed by atoms with Crippen LogP contribution in [0.3, 0.4) is 0 Å². The molecule has 0 fully saturated rings. The number of hydrogen-bond acceptors (Lipinski definition) is 4. The first kappa shape index (κ1) is 9.66. The van der Waals surface area contributed by atoms with Gasteiger partial charge >= 0.3 is 5.69 Å². The maximum atomic E-state index is 10.6. The maximum Gasteiger partial charge on any atom is 0.310 e. The Morgan fingerprint density at radius 2 is 2.46 bits per heavy atom. The molecule has 13 heavy (non-hydrogen) atoms. The molecular formula is C7H12N4O2. The summed E-state index contributed by atoms with van der Waals surface area (Å²) < 4.78 is 1.50. The van der Waals surface area contributed by atoms with E-state index in [2.05, 4.69) is 5.10 Å². The van der Waals surface area contributed by atoms with E-state index in [1.165, 1.54) is 10.9 Å². The third kappa shape index (κ3) is 1.67. The molecule has 6 nitrogen and oxygen atoms in total. The van der Waals surface area contributed by atoms with Gasteiger partial charge in [-0.3, -0.25) is 14.8 Å². The summed E-state index contributed by atoms with van der Waals surface area (Å²) in [5.41, 5.74) is 6.06. The van der Waals surface area contributed by atoms with E-state index >= 15 is 0 Å². The molecule has 0 saturated carbocycles. The summed E-state index contributed by atoms with van der Waals surface area (Å²) in [4.78, 5) is 10.1. The highest BCUT2D eigenvalue weighted by molar-refractivity contribution is 5.35. The maximum absolute atomic E-state index is 10.6. The molecule has 0 aromatic carbocycles. The number of rotatable bonds is 3. The Kier molecular flexibility index (Phi) is 2.62. The smallest absolute Gasteiger partial charge is 0.310 e. The predicted molar refractivity (Wildman–Crippen MR) is 47.3 cm³/mol. The van der Waals surface area contributed by atoms with Crippen molar-refractivity contribution >= 4 is 5.69 Å². The van der Waals surface area contributed by atoms with Crippen LogP contribution in [0.5, 0.6) is 0 Å². The van der Waals surface area contributed by atoms with Crippen LogP contribution in [-0.4, -0.2) is 21.2 Å². The predicted octanol–water partition coefficient (Wildman–Crippen LogP) is 0.390. The van der Waals surface area contributed by atoms with Gasteiger partial charge in [-0.15, -0.1) is 0 Å². The monoisotopic (exact) mass is 184 g/mol. The molecule has 0 spiro atoms. The summed E-state index contributed by atoms with van der Waals surface area (Å²) in [7, 11) is 1.68. The van der Waals surface area contributed by atoms with Crippen LogP contribution in [0.1, 0.15) is 18.5 Å². The quantitative estimate of drug-likeness (QED) is 0.543. The van der Waals surface area contributed by atoms with E-state index in [0.29, 0.717) is 12.2 Å². The van der Waals surface area contributed by atoms with Crippen molar-refractivity contribution in [3.8, 4) is 0 Å². The lowest BCUT2D eigenvalue weighted by Crippen LogP contribution is -2.14. The molecule has 2 N–H and O–H groups in total. The molecule has 1 heterocycles. The zero-order valence-electron chi connectivity index (χ0n) is 7.60. The summed E-state index contributed by atoms with van der Waals surface area (Å²) in [6.07, 6.45) is 1.25. The minimum absolute atomic E-state index is 0.0421. The molecule has 0 radical (unpaired) electrons. The fraction of sp³-hybridized carbons (Fsp3) is 0.571. The van der Waals surface area contributed by atoms with Crippen LogP contribution in [0.4, 0.5) is 5.69 Å². The lowest BCUT2D eigenvalue weighted by atomic mass is 10.1. The Balaban J connectivity index is 3.15. The summed E-state index contributed by atoms with van der Waals surface area (Å²) in [6.45, 7) is 2.21. The van der Waals surface area contributed by atoms with Crippen LogP contribution in [0.2, 0.25) is 0 Å². The van der Waals surface area contributed by atoms with Crippen molar-refractivity contribution in [1.82, 2.24) is 9.78 Å². The largest absolute Gasteiger partial charge is 0.330 e. The van der Waals surface area contributed by atoms with Gasteiger partial charge in [0.25, 0.3) is 0 Å². The van der Waals surface area contributed by atoms with Gasteiger partial charge in [-0.25, -0.2) is 0 Å². The fourth-order valence-electron chi connectivity index (χ4n) is 1.26. The first-order chi connectivity index (χ1) is 6.07. The van der Waals surface area contributed by atoms with Crippen molar-refractivity contribution in [2.24, 2.45) is 12.8 Å². The molecule has 1 rings (SSSR count). The second kappa shape index (κ2) is 3.53. The Hall–Kier alpha value is -1.43. The Morgan fingerprint density at radius 1 is 1.85 bits per heavy atom. The highest BCUT2D eigenvalue weighted by Gasteiger charge is 2.22. The lowest BCUT2D eigenvalue weighted by Gasteiger charge is -2.07. The van der Waals surface area contributed by atoms with Gasteiger partial charge in [-0.05, 0) is 0 Å². The molecule has 0 amide bonds. The molecule has 0 bridgehead atoms. The normalized spacial score (nSPS) is 12.8. The molecule has 0 aliphatic rings. The molecule has 1 unspecified atom stereocenters. The molecule has 1 aromatic rings. The molecule has 1 aromatic heterocycles. The minimum atomic E-state index is -0.436. The second-order valence-corrected chi connectivity index (χ2v) is 2.93. The average Bonchev–Trinajstić information content (AvgIpc) is 2.46. The van der Waals surface area contributed by atoms with E-state index in [9.17, 15) is 10.1 Å². The van der Waals surface area contributed by atoms with Crippen molar-refractivity contribution in [3.63, 3.8) is 0 Å². The van der Waals surface area contributed by atoms with E-state index in [0.717, 1.165) is 0 Å². The molecule has 0 aliphatic heterocycles. The van der Waals surface area contributed by atoms with E-state index in [4.69, 9.17) is 5.73 Å². The Morgan fingerprint density at radius 3 is 2.92 bits per heavy atom. The summed E-state index contributed by atoms with van der Waals surface area (Å²) >= 11 is 0. The van der Waals surface area contributed by atoms with Gasteiger partial charge in [0.15, 0.2) is 0 Å². The number of nitro groups is 1. The zero-order valence-corrected chi connectivity index (χ0v) is 7.60. The summed E-state index contributed by atoms with van der Waals surface area (Å²) in [5.74, 6) is -0.0482. The molecule has 72 valence electrons. The highest BCUT2D eigenvalue weighted by atomic mass is 16.6. The van der Waals surface area contributed by atoms with E-state index in [1.54, 1.807) is 7.05 Å². The van der Waals surface area contributed by atoms with Crippen molar-refractivity contribution < 1.29 is 4.92 Å². The van der Waals surface area contributed by atoms with Crippen molar-refractivity contribution in [2.75, 3.05) is 6.54 Å². The van der Waals surface area contributed by atoms with Gasteiger partial charge in [0.2, 0.25) is 0 Å². The summed E-state index contributed by atoms with van der Waals surface area (Å²) in [6, 6.07) is 0. The SMILES string of the molecule is CC(CN)c1c([N+](=O)[O-])cnn1C. The van der Waals surface area contributed by atoms with Gasteiger partial charge in [-0.2, -0.15) is 5.10 Å². The number of aryl methyl sites for hydroxylation is 1. The molecule has 1 atom stereocenters. The third-order valence-electron chi connectivity index (χ3n) is 1.98. The van der Waals surface area contributed by atoms with Crippen LogP contribution >= 0.6 is 0 Å². The lowest BCUT2D eigenvalue weighted by molar-refractivity contribution is -0.385. The van der Waals surface area contributed by atoms with Crippen molar-refractivity contribution in [3.05, 3.63) is 22.0 Å². The Labute approximate surface area is 75.5 Å². The molecule has 0 saturated heterocycles. The number of aromatic nitrogens is 2. The number of nitrogens with zero attached hydrogens (tertiary/aromatic N) is 3. The van der Waals surface area contributed by atoms with Crippen LogP contribution < -0.4 is 5.73 Å². The second-order valence-electron chi connectivity index (χ2n) is 2.93. The van der Waals surface area contributed by atoms with E-state index < -0.39 is 4.92 Å². The fourth-order valence-corrected chi connectivity index (χ4v) is 1.26. The van der Waals surface area contributed by atoms with Crippen LogP contribution in [0.25, 0.3) is 0 Å². The van der Waals surface area contributed by atoms with Crippen molar-refractivity contribution in [1.29, 1.82) is 0 Å². The Bertz CT molecular complexity index is 320. The molecule has 6 heteroatoms. The van der Waals surface area contributed by atoms with Gasteiger partial charge in [0.05, 0.1) is 4.92 Å². The highest BCUT2D eigenvalue weighted by Crippen LogP contribution is 2.24. The first-order valence-electron chi connectivity index (χ1n) is 3.94. The summed E-state index contributed by atoms with van der Waals surface area (Å²) in [5, 5.41) is 14.4. The van der Waals surface area contributed by atoms with Crippen LogP contribution in [0.15, 0.2) is 6.20 Å². The van der Waals surface area contributed by atoms with Gasteiger partial charge < -0.3 is 5.73 Å². The standard InChI is InChI=1S/C7H12N4O2/c1-5(3-8)7-6(11(12)13)4-9-10(7)2/h4-5H,3,8H2,1-2H3. The van der Waals surface area contributed by atoms with Crippen LogP contribution in [0, 0.1) is 10.1 Å². The zero-order chi connectivity index (χ0) is 10.0. The van der Waals surface area contributed by atoms with Crippen LogP contribution in [-0.2, 0) is 7.05 Å². The topological polar surface area (TPSA) is 87.0 Å². The number of nitrogens with two attached hydrogens (primary N) is 1. The minimum Gasteiger partial charge on any atom is -0.330 e. The average molecular weight is 184 g/mol. The van der Waals surface area contributed by atoms with Gasteiger partial charge in [0, 0.05) is 19.5 Å². The first-order valence-corrected chi connectivity index (χ1v) is 3.94.